The van der Waals surface area contributed by atoms with Crippen LogP contribution < -0.4 is 31.9 Å². The SMILES string of the molecule is O=C(Nc1ccc(/C=C/c2ccc(NC(=O)c3cccc(NC(=O)c4ccc5c(c4)C(=O)NC5=O)c3)cc2)cc1)c1cccc(NC(=O)c2ccc3c(c2)C(=O)NC3=O)c1. The largest absolute Gasteiger partial charge is 0.322 e. The lowest BCUT2D eigenvalue weighted by molar-refractivity contribution is 0.0863. The van der Waals surface area contributed by atoms with Crippen LogP contribution in [0.4, 0.5) is 22.7 Å². The smallest absolute Gasteiger partial charge is 0.258 e. The number of rotatable bonds is 10. The molecule has 0 aromatic heterocycles. The number of benzene rings is 6. The van der Waals surface area contributed by atoms with Gasteiger partial charge in [-0.15, -0.1) is 0 Å². The number of hydrogen-bond acceptors (Lipinski definition) is 8. The van der Waals surface area contributed by atoms with E-state index in [1.165, 1.54) is 48.5 Å². The van der Waals surface area contributed by atoms with Crippen molar-refractivity contribution in [2.75, 3.05) is 21.3 Å². The molecule has 8 amide bonds. The van der Waals surface area contributed by atoms with E-state index in [-0.39, 0.29) is 33.4 Å². The highest BCUT2D eigenvalue weighted by molar-refractivity contribution is 6.23. The molecular weight excluding hydrogens is 765 g/mol. The molecule has 0 bridgehead atoms. The summed E-state index contributed by atoms with van der Waals surface area (Å²) < 4.78 is 0. The van der Waals surface area contributed by atoms with E-state index in [9.17, 15) is 38.4 Å². The van der Waals surface area contributed by atoms with Crippen molar-refractivity contribution in [1.82, 2.24) is 10.6 Å². The van der Waals surface area contributed by atoms with E-state index in [2.05, 4.69) is 31.9 Å². The Morgan fingerprint density at radius 3 is 1.07 bits per heavy atom. The Bertz CT molecular complexity index is 2670. The first-order valence-electron chi connectivity index (χ1n) is 18.3. The molecule has 14 heteroatoms. The number of fused-ring (bicyclic) bond motifs is 2. The monoisotopic (exact) mass is 794 g/mol. The highest BCUT2D eigenvalue weighted by Gasteiger charge is 2.29. The maximum Gasteiger partial charge on any atom is 0.258 e. The van der Waals surface area contributed by atoms with E-state index >= 15 is 0 Å². The first-order chi connectivity index (χ1) is 29.0. The Labute approximate surface area is 340 Å². The molecule has 2 aliphatic rings. The van der Waals surface area contributed by atoms with Gasteiger partial charge in [-0.3, -0.25) is 49.0 Å². The molecule has 2 aliphatic heterocycles. The molecule has 6 aromatic carbocycles. The molecule has 0 unspecified atom stereocenters. The Kier molecular flexibility index (Phi) is 10.2. The molecule has 0 spiro atoms. The Balaban J connectivity index is 0.825. The molecule has 60 heavy (non-hydrogen) atoms. The number of carbonyl (C=O) groups is 8. The molecule has 0 saturated heterocycles. The minimum Gasteiger partial charge on any atom is -0.322 e. The molecule has 6 N–H and O–H groups in total. The van der Waals surface area contributed by atoms with Gasteiger partial charge in [0.25, 0.3) is 47.3 Å². The van der Waals surface area contributed by atoms with Crippen molar-refractivity contribution in [3.05, 3.63) is 189 Å². The van der Waals surface area contributed by atoms with Crippen LogP contribution in [0, 0.1) is 0 Å². The van der Waals surface area contributed by atoms with Crippen molar-refractivity contribution in [2.24, 2.45) is 0 Å². The van der Waals surface area contributed by atoms with Crippen LogP contribution in [0.15, 0.2) is 133 Å². The Hall–Kier alpha value is -8.78. The number of anilines is 4. The number of nitrogens with one attached hydrogen (secondary N) is 6. The van der Waals surface area contributed by atoms with Gasteiger partial charge >= 0.3 is 0 Å². The Morgan fingerprint density at radius 1 is 0.350 bits per heavy atom. The van der Waals surface area contributed by atoms with Crippen LogP contribution in [0.3, 0.4) is 0 Å². The lowest BCUT2D eigenvalue weighted by atomic mass is 10.1. The lowest BCUT2D eigenvalue weighted by Crippen LogP contribution is -2.20. The normalized spacial score (nSPS) is 12.6. The summed E-state index contributed by atoms with van der Waals surface area (Å²) in [6.45, 7) is 0. The third kappa shape index (κ3) is 8.19. The van der Waals surface area contributed by atoms with Gasteiger partial charge in [0.15, 0.2) is 0 Å². The fourth-order valence-corrected chi connectivity index (χ4v) is 6.46. The van der Waals surface area contributed by atoms with Gasteiger partial charge in [-0.2, -0.15) is 0 Å². The summed E-state index contributed by atoms with van der Waals surface area (Å²) in [6.07, 6.45) is 3.79. The zero-order valence-electron chi connectivity index (χ0n) is 31.1. The van der Waals surface area contributed by atoms with Crippen LogP contribution >= 0.6 is 0 Å². The minimum absolute atomic E-state index is 0.126. The van der Waals surface area contributed by atoms with Gasteiger partial charge in [0.05, 0.1) is 22.3 Å². The number of hydrogen-bond donors (Lipinski definition) is 6. The van der Waals surface area contributed by atoms with E-state index in [1.54, 1.807) is 60.7 Å². The summed E-state index contributed by atoms with van der Waals surface area (Å²) in [5.74, 6) is -3.95. The van der Waals surface area contributed by atoms with Crippen LogP contribution in [-0.4, -0.2) is 47.3 Å². The third-order valence-corrected chi connectivity index (χ3v) is 9.57. The first-order valence-corrected chi connectivity index (χ1v) is 18.3. The average Bonchev–Trinajstić information content (AvgIpc) is 3.71. The van der Waals surface area contributed by atoms with E-state index in [1.807, 2.05) is 36.4 Å². The molecular formula is C46H30N6O8. The topological polar surface area (TPSA) is 209 Å². The van der Waals surface area contributed by atoms with Crippen molar-refractivity contribution >= 4 is 82.2 Å². The molecule has 6 aromatic rings. The van der Waals surface area contributed by atoms with Crippen LogP contribution in [0.1, 0.15) is 94.0 Å². The first kappa shape index (κ1) is 38.1. The summed E-state index contributed by atoms with van der Waals surface area (Å²) in [5, 5.41) is 15.5. The molecule has 0 saturated carbocycles. The summed E-state index contributed by atoms with van der Waals surface area (Å²) in [5.41, 5.74) is 5.21. The summed E-state index contributed by atoms with van der Waals surface area (Å²) in [7, 11) is 0. The third-order valence-electron chi connectivity index (χ3n) is 9.57. The van der Waals surface area contributed by atoms with Gasteiger partial charge in [-0.25, -0.2) is 0 Å². The van der Waals surface area contributed by atoms with E-state index in [0.29, 0.717) is 33.9 Å². The molecule has 0 fully saturated rings. The summed E-state index contributed by atoms with van der Waals surface area (Å²) in [6, 6.07) is 35.6. The van der Waals surface area contributed by atoms with Crippen molar-refractivity contribution in [2.45, 2.75) is 0 Å². The van der Waals surface area contributed by atoms with Crippen molar-refractivity contribution < 1.29 is 38.4 Å². The molecule has 0 aliphatic carbocycles. The second-order valence-electron chi connectivity index (χ2n) is 13.6. The highest BCUT2D eigenvalue weighted by atomic mass is 16.2. The van der Waals surface area contributed by atoms with Gasteiger partial charge in [0.2, 0.25) is 0 Å². The van der Waals surface area contributed by atoms with E-state index in [4.69, 9.17) is 0 Å². The molecule has 2 heterocycles. The van der Waals surface area contributed by atoms with Gasteiger partial charge in [-0.1, -0.05) is 48.6 Å². The maximum atomic E-state index is 13.1. The number of amides is 8. The molecule has 0 atom stereocenters. The highest BCUT2D eigenvalue weighted by Crippen LogP contribution is 2.22. The van der Waals surface area contributed by atoms with Crippen LogP contribution in [0.25, 0.3) is 12.2 Å². The molecule has 8 rings (SSSR count). The van der Waals surface area contributed by atoms with Gasteiger partial charge in [0.1, 0.15) is 0 Å². The lowest BCUT2D eigenvalue weighted by Gasteiger charge is -2.09. The van der Waals surface area contributed by atoms with Gasteiger partial charge in [0, 0.05) is 45.0 Å². The standard InChI is InChI=1S/C46H30N6O8/c53-39(27-3-1-5-33(21-27)49-41(55)29-13-19-35-37(23-29)45(59)51-43(35)57)47-31-15-9-25(10-16-31)7-8-26-11-17-32(18-12-26)48-40(54)28-4-2-6-34(22-28)50-42(56)30-14-20-36-38(24-30)46(60)52-44(36)58/h1-24H,(H,47,53)(H,48,54)(H,49,55)(H,50,56)(H,51,57,59)(H,52,58,60)/b8-7+. The second-order valence-corrected chi connectivity index (χ2v) is 13.6. The molecule has 0 radical (unpaired) electrons. The quantitative estimate of drug-likeness (QED) is 0.0653. The molecule has 14 nitrogen and oxygen atoms in total. The van der Waals surface area contributed by atoms with Crippen molar-refractivity contribution in [3.8, 4) is 0 Å². The molecule has 292 valence electrons. The summed E-state index contributed by atoms with van der Waals surface area (Å²) in [4.78, 5) is 99.5. The second kappa shape index (κ2) is 16.0. The zero-order chi connectivity index (χ0) is 41.9. The van der Waals surface area contributed by atoms with Crippen LogP contribution in [0.5, 0.6) is 0 Å². The predicted molar refractivity (Wildman–Crippen MR) is 223 cm³/mol. The van der Waals surface area contributed by atoms with Gasteiger partial charge < -0.3 is 21.3 Å². The van der Waals surface area contributed by atoms with E-state index in [0.717, 1.165) is 11.1 Å². The maximum absolute atomic E-state index is 13.1. The van der Waals surface area contributed by atoms with Gasteiger partial charge in [-0.05, 0) is 108 Å². The van der Waals surface area contributed by atoms with Crippen molar-refractivity contribution in [3.63, 3.8) is 0 Å². The fourth-order valence-electron chi connectivity index (χ4n) is 6.46. The minimum atomic E-state index is -0.565. The zero-order valence-corrected chi connectivity index (χ0v) is 31.1. The predicted octanol–water partition coefficient (Wildman–Crippen LogP) is 6.63. The fraction of sp³-hybridized carbons (Fsp3) is 0. The number of imide groups is 2. The number of carbonyl (C=O) groups excluding carboxylic acids is 8. The van der Waals surface area contributed by atoms with Crippen LogP contribution in [0.2, 0.25) is 0 Å². The van der Waals surface area contributed by atoms with Crippen molar-refractivity contribution in [1.29, 1.82) is 0 Å². The summed E-state index contributed by atoms with van der Waals surface area (Å²) >= 11 is 0. The average molecular weight is 795 g/mol. The van der Waals surface area contributed by atoms with E-state index < -0.39 is 47.3 Å². The Morgan fingerprint density at radius 2 is 0.683 bits per heavy atom. The van der Waals surface area contributed by atoms with Crippen LogP contribution in [-0.2, 0) is 0 Å².